The second-order valence-electron chi connectivity index (χ2n) is 1.81. The monoisotopic (exact) mass is 108 g/mol. The highest BCUT2D eigenvalue weighted by molar-refractivity contribution is 5.04. The molecule has 0 saturated heterocycles. The third kappa shape index (κ3) is 1.08. The summed E-state index contributed by atoms with van der Waals surface area (Å²) in [5.74, 6) is 0. The van der Waals surface area contributed by atoms with Gasteiger partial charge in [0.1, 0.15) is 0 Å². The van der Waals surface area contributed by atoms with E-state index in [1.165, 1.54) is 0 Å². The van der Waals surface area contributed by atoms with Gasteiger partial charge in [0, 0.05) is 12.6 Å². The first kappa shape index (κ1) is 5.33. The lowest BCUT2D eigenvalue weighted by atomic mass is 10.2. The van der Waals surface area contributed by atoms with E-state index in [4.69, 9.17) is 5.26 Å². The summed E-state index contributed by atoms with van der Waals surface area (Å²) in [6.07, 6.45) is 4.67. The zero-order valence-electron chi connectivity index (χ0n) is 4.59. The standard InChI is InChI=1S/C6H8N2/c7-4-3-6-2-1-5-8-6/h1-2,6,8H,3,5H2/t6-/m0/s1. The van der Waals surface area contributed by atoms with Crippen LogP contribution in [0, 0.1) is 11.3 Å². The smallest absolute Gasteiger partial charge is 0.0641 e. The van der Waals surface area contributed by atoms with Crippen molar-refractivity contribution in [2.75, 3.05) is 6.54 Å². The molecule has 0 radical (unpaired) electrons. The molecule has 1 atom stereocenters. The number of hydrogen-bond donors (Lipinski definition) is 1. The van der Waals surface area contributed by atoms with Crippen LogP contribution in [0.5, 0.6) is 0 Å². The van der Waals surface area contributed by atoms with Gasteiger partial charge < -0.3 is 5.32 Å². The van der Waals surface area contributed by atoms with Crippen LogP contribution in [0.25, 0.3) is 0 Å². The quantitative estimate of drug-likeness (QED) is 0.494. The van der Waals surface area contributed by atoms with E-state index >= 15 is 0 Å². The summed E-state index contributed by atoms with van der Waals surface area (Å²) >= 11 is 0. The molecule has 0 bridgehead atoms. The summed E-state index contributed by atoms with van der Waals surface area (Å²) < 4.78 is 0. The molecule has 8 heavy (non-hydrogen) atoms. The summed E-state index contributed by atoms with van der Waals surface area (Å²) in [6.45, 7) is 0.923. The maximum absolute atomic E-state index is 8.20. The normalized spacial score (nSPS) is 25.6. The number of nitrogens with zero attached hydrogens (tertiary/aromatic N) is 1. The van der Waals surface area contributed by atoms with Crippen molar-refractivity contribution < 1.29 is 0 Å². The summed E-state index contributed by atoms with van der Waals surface area (Å²) in [6, 6.07) is 2.42. The first-order valence-corrected chi connectivity index (χ1v) is 2.70. The summed E-state index contributed by atoms with van der Waals surface area (Å²) in [7, 11) is 0. The Kier molecular flexibility index (Phi) is 1.66. The largest absolute Gasteiger partial charge is 0.306 e. The second kappa shape index (κ2) is 2.49. The zero-order chi connectivity index (χ0) is 5.82. The van der Waals surface area contributed by atoms with Crippen molar-refractivity contribution in [1.29, 1.82) is 5.26 Å². The van der Waals surface area contributed by atoms with Crippen LogP contribution in [-0.2, 0) is 0 Å². The molecule has 1 N–H and O–H groups in total. The number of nitrogens with one attached hydrogen (secondary N) is 1. The lowest BCUT2D eigenvalue weighted by Crippen LogP contribution is -2.20. The molecule has 0 fully saturated rings. The van der Waals surface area contributed by atoms with Crippen LogP contribution in [-0.4, -0.2) is 12.6 Å². The molecule has 1 heterocycles. The van der Waals surface area contributed by atoms with Crippen LogP contribution in [0.1, 0.15) is 6.42 Å². The molecule has 42 valence electrons. The van der Waals surface area contributed by atoms with Gasteiger partial charge in [-0.15, -0.1) is 0 Å². The van der Waals surface area contributed by atoms with E-state index in [0.717, 1.165) is 6.54 Å². The van der Waals surface area contributed by atoms with Gasteiger partial charge in [-0.05, 0) is 0 Å². The summed E-state index contributed by atoms with van der Waals surface area (Å²) in [5, 5.41) is 11.3. The number of hydrogen-bond acceptors (Lipinski definition) is 2. The van der Waals surface area contributed by atoms with Crippen LogP contribution in [0.2, 0.25) is 0 Å². The average Bonchev–Trinajstić information content (AvgIpc) is 2.19. The Morgan fingerprint density at radius 2 is 2.75 bits per heavy atom. The Balaban J connectivity index is 2.28. The minimum absolute atomic E-state index is 0.319. The van der Waals surface area contributed by atoms with Gasteiger partial charge in [-0.1, -0.05) is 12.2 Å². The van der Waals surface area contributed by atoms with Crippen molar-refractivity contribution in [3.05, 3.63) is 12.2 Å². The lowest BCUT2D eigenvalue weighted by molar-refractivity contribution is 0.682. The average molecular weight is 108 g/mol. The van der Waals surface area contributed by atoms with E-state index in [1.54, 1.807) is 0 Å². The Morgan fingerprint density at radius 1 is 1.88 bits per heavy atom. The fraction of sp³-hybridized carbons (Fsp3) is 0.500. The molecule has 1 rings (SSSR count). The molecule has 2 heteroatoms. The van der Waals surface area contributed by atoms with Crippen molar-refractivity contribution in [2.45, 2.75) is 12.5 Å². The Bertz CT molecular complexity index is 132. The zero-order valence-corrected chi connectivity index (χ0v) is 4.59. The third-order valence-electron chi connectivity index (χ3n) is 1.18. The molecule has 0 aromatic carbocycles. The molecule has 0 saturated carbocycles. The molecule has 0 aromatic heterocycles. The number of nitriles is 1. The summed E-state index contributed by atoms with van der Waals surface area (Å²) in [4.78, 5) is 0. The first-order valence-electron chi connectivity index (χ1n) is 2.70. The highest BCUT2D eigenvalue weighted by Gasteiger charge is 2.04. The van der Waals surface area contributed by atoms with Gasteiger partial charge in [-0.25, -0.2) is 0 Å². The first-order chi connectivity index (χ1) is 3.93. The van der Waals surface area contributed by atoms with E-state index in [2.05, 4.69) is 11.4 Å². The van der Waals surface area contributed by atoms with Gasteiger partial charge in [0.15, 0.2) is 0 Å². The van der Waals surface area contributed by atoms with Crippen molar-refractivity contribution in [3.63, 3.8) is 0 Å². The van der Waals surface area contributed by atoms with Gasteiger partial charge in [-0.2, -0.15) is 5.26 Å². The molecule has 0 unspecified atom stereocenters. The van der Waals surface area contributed by atoms with Crippen molar-refractivity contribution in [2.24, 2.45) is 0 Å². The van der Waals surface area contributed by atoms with Crippen LogP contribution in [0.4, 0.5) is 0 Å². The van der Waals surface area contributed by atoms with Crippen LogP contribution >= 0.6 is 0 Å². The topological polar surface area (TPSA) is 35.8 Å². The summed E-state index contributed by atoms with van der Waals surface area (Å²) in [5.41, 5.74) is 0. The van der Waals surface area contributed by atoms with E-state index in [-0.39, 0.29) is 0 Å². The van der Waals surface area contributed by atoms with Gasteiger partial charge in [0.05, 0.1) is 12.5 Å². The van der Waals surface area contributed by atoms with Gasteiger partial charge in [0.25, 0.3) is 0 Å². The minimum atomic E-state index is 0.319. The fourth-order valence-corrected chi connectivity index (χ4v) is 0.758. The van der Waals surface area contributed by atoms with E-state index in [9.17, 15) is 0 Å². The SMILES string of the molecule is N#CC[C@@H]1C=CCN1. The third-order valence-corrected chi connectivity index (χ3v) is 1.18. The molecule has 0 aliphatic carbocycles. The van der Waals surface area contributed by atoms with E-state index in [0.29, 0.717) is 12.5 Å². The predicted octanol–water partition coefficient (Wildman–Crippen LogP) is 0.428. The predicted molar refractivity (Wildman–Crippen MR) is 31.2 cm³/mol. The van der Waals surface area contributed by atoms with E-state index < -0.39 is 0 Å². The van der Waals surface area contributed by atoms with Crippen LogP contribution < -0.4 is 5.32 Å². The molecular weight excluding hydrogens is 100 g/mol. The highest BCUT2D eigenvalue weighted by atomic mass is 14.9. The molecule has 1 aliphatic rings. The van der Waals surface area contributed by atoms with Crippen LogP contribution in [0.3, 0.4) is 0 Å². The second-order valence-corrected chi connectivity index (χ2v) is 1.81. The fourth-order valence-electron chi connectivity index (χ4n) is 0.758. The molecule has 0 amide bonds. The lowest BCUT2D eigenvalue weighted by Gasteiger charge is -1.99. The maximum Gasteiger partial charge on any atom is 0.0641 e. The van der Waals surface area contributed by atoms with Crippen molar-refractivity contribution in [1.82, 2.24) is 5.32 Å². The van der Waals surface area contributed by atoms with Crippen LogP contribution in [0.15, 0.2) is 12.2 Å². The maximum atomic E-state index is 8.20. The Hall–Kier alpha value is -0.810. The molecule has 0 spiro atoms. The van der Waals surface area contributed by atoms with Crippen molar-refractivity contribution in [3.8, 4) is 6.07 Å². The molecule has 0 aromatic rings. The van der Waals surface area contributed by atoms with Gasteiger partial charge in [-0.3, -0.25) is 0 Å². The molecular formula is C6H8N2. The Labute approximate surface area is 48.8 Å². The van der Waals surface area contributed by atoms with Crippen molar-refractivity contribution >= 4 is 0 Å². The van der Waals surface area contributed by atoms with Gasteiger partial charge >= 0.3 is 0 Å². The molecule has 1 aliphatic heterocycles. The van der Waals surface area contributed by atoms with Gasteiger partial charge in [0.2, 0.25) is 0 Å². The van der Waals surface area contributed by atoms with E-state index in [1.807, 2.05) is 12.2 Å². The Morgan fingerprint density at radius 3 is 3.25 bits per heavy atom. The highest BCUT2D eigenvalue weighted by Crippen LogP contribution is 1.97. The molecule has 2 nitrogen and oxygen atoms in total. The number of rotatable bonds is 1. The minimum Gasteiger partial charge on any atom is -0.306 e.